The molecule has 0 saturated heterocycles. The van der Waals surface area contributed by atoms with Gasteiger partial charge in [0.2, 0.25) is 0 Å². The Balaban J connectivity index is 1.24. The van der Waals surface area contributed by atoms with E-state index in [1.807, 2.05) is 47.1 Å². The molecule has 0 atom stereocenters. The summed E-state index contributed by atoms with van der Waals surface area (Å²) in [4.78, 5) is 23.7. The highest BCUT2D eigenvalue weighted by atomic mass is 32.1. The van der Waals surface area contributed by atoms with E-state index in [4.69, 9.17) is 6.57 Å². The predicted octanol–water partition coefficient (Wildman–Crippen LogP) is 13.9. The molecule has 0 aliphatic carbocycles. The van der Waals surface area contributed by atoms with Gasteiger partial charge in [0.15, 0.2) is 8.32 Å². The smallest absolute Gasteiger partial charge is 0.266 e. The number of aryl methyl sites for hydroxylation is 1. The summed E-state index contributed by atoms with van der Waals surface area (Å²) in [7, 11) is -1.84. The normalized spacial score (nSPS) is 12.2. The van der Waals surface area contributed by atoms with Crippen molar-refractivity contribution in [3.63, 3.8) is 0 Å². The van der Waals surface area contributed by atoms with Crippen LogP contribution in [0.3, 0.4) is 0 Å². The van der Waals surface area contributed by atoms with E-state index in [1.165, 1.54) is 98.3 Å². The van der Waals surface area contributed by atoms with Crippen LogP contribution in [0.1, 0.15) is 100 Å². The summed E-state index contributed by atoms with van der Waals surface area (Å²) >= 11 is 7.34. The molecule has 4 aromatic heterocycles. The molecule has 0 bridgehead atoms. The van der Waals surface area contributed by atoms with Crippen molar-refractivity contribution in [1.29, 1.82) is 5.26 Å². The Kier molecular flexibility index (Phi) is 15.0. The van der Waals surface area contributed by atoms with Crippen molar-refractivity contribution in [3.05, 3.63) is 75.4 Å². The zero-order valence-electron chi connectivity index (χ0n) is 27.7. The molecular formula is C38H48N2OS4Si. The minimum atomic E-state index is -1.84. The lowest BCUT2D eigenvalue weighted by molar-refractivity contribution is 0.531. The summed E-state index contributed by atoms with van der Waals surface area (Å²) in [6, 6.07) is 21.0. The van der Waals surface area contributed by atoms with E-state index >= 15 is 0 Å². The molecule has 1 N–H and O–H groups in total. The van der Waals surface area contributed by atoms with Crippen LogP contribution >= 0.6 is 45.3 Å². The van der Waals surface area contributed by atoms with Gasteiger partial charge in [0.25, 0.3) is 5.70 Å². The third kappa shape index (κ3) is 11.4. The van der Waals surface area contributed by atoms with E-state index in [0.29, 0.717) is 0 Å². The van der Waals surface area contributed by atoms with Gasteiger partial charge in [-0.15, -0.1) is 45.3 Å². The Morgan fingerprint density at radius 3 is 1.74 bits per heavy atom. The van der Waals surface area contributed by atoms with Gasteiger partial charge in [-0.1, -0.05) is 77.6 Å². The second-order valence-electron chi connectivity index (χ2n) is 12.8. The van der Waals surface area contributed by atoms with Gasteiger partial charge in [-0.3, -0.25) is 0 Å². The fourth-order valence-electron chi connectivity index (χ4n) is 5.65. The molecule has 4 aromatic rings. The fourth-order valence-corrected chi connectivity index (χ4v) is 11.2. The quantitative estimate of drug-likeness (QED) is 0.0431. The standard InChI is InChI=1S/C38H48N2OS4Si/c1-5-6-14-18-30(31(28-39)40-2)32-21-22-35(43-32)36-25-26-38(45-36)37-24-23-34(44-37)33-20-19-29(42-33)17-15-12-10-8-7-9-11-13-16-27-46(3,4)41/h19-26,41H,5-18,27H2,1,3-4H3/b31-30-. The van der Waals surface area contributed by atoms with Gasteiger partial charge in [-0.25, -0.2) is 10.1 Å². The van der Waals surface area contributed by atoms with Crippen molar-refractivity contribution in [3.8, 4) is 35.3 Å². The van der Waals surface area contributed by atoms with Crippen LogP contribution in [-0.2, 0) is 6.42 Å². The van der Waals surface area contributed by atoms with E-state index in [9.17, 15) is 10.1 Å². The van der Waals surface area contributed by atoms with Crippen molar-refractivity contribution >= 4 is 59.2 Å². The maximum absolute atomic E-state index is 9.94. The first-order valence-corrected chi connectivity index (χ1v) is 23.4. The van der Waals surface area contributed by atoms with Crippen LogP contribution in [0.4, 0.5) is 0 Å². The van der Waals surface area contributed by atoms with Crippen molar-refractivity contribution in [2.45, 2.75) is 116 Å². The van der Waals surface area contributed by atoms with Gasteiger partial charge >= 0.3 is 0 Å². The second kappa shape index (κ2) is 18.9. The number of hydrogen-bond donors (Lipinski definition) is 1. The lowest BCUT2D eigenvalue weighted by Crippen LogP contribution is -2.23. The molecule has 244 valence electrons. The maximum Gasteiger partial charge on any atom is 0.266 e. The van der Waals surface area contributed by atoms with Crippen molar-refractivity contribution in [2.24, 2.45) is 0 Å². The number of nitrogens with zero attached hydrogens (tertiary/aromatic N) is 2. The average molecular weight is 705 g/mol. The first kappa shape index (κ1) is 36.5. The molecule has 0 fully saturated rings. The van der Waals surface area contributed by atoms with E-state index in [0.717, 1.165) is 42.2 Å². The Hall–Kier alpha value is -2.30. The van der Waals surface area contributed by atoms with Gasteiger partial charge in [0.05, 0.1) is 12.6 Å². The van der Waals surface area contributed by atoms with Crippen LogP contribution in [-0.4, -0.2) is 13.1 Å². The van der Waals surface area contributed by atoms with Gasteiger partial charge in [-0.05, 0) is 92.5 Å². The SMILES string of the molecule is [C-]#[N+]/C(C#N)=C(/CCCCC)c1ccc(-c2ccc(-c3ccc(-c4ccc(CCCCCCCCCCC[Si](C)(C)O)s4)s3)s2)s1. The number of thiophene rings is 4. The van der Waals surface area contributed by atoms with Gasteiger partial charge in [0, 0.05) is 39.0 Å². The molecule has 0 aromatic carbocycles. The molecule has 3 nitrogen and oxygen atoms in total. The minimum absolute atomic E-state index is 0.234. The number of allylic oxidation sites excluding steroid dienone is 2. The maximum atomic E-state index is 9.94. The summed E-state index contributed by atoms with van der Waals surface area (Å²) in [5.41, 5.74) is 1.14. The summed E-state index contributed by atoms with van der Waals surface area (Å²) in [5.74, 6) is 0. The Bertz CT molecular complexity index is 1600. The van der Waals surface area contributed by atoms with Crippen LogP contribution in [0.25, 0.3) is 39.7 Å². The van der Waals surface area contributed by atoms with Crippen LogP contribution in [0.2, 0.25) is 19.1 Å². The molecule has 4 rings (SSSR count). The molecule has 0 saturated carbocycles. The Morgan fingerprint density at radius 2 is 1.20 bits per heavy atom. The lowest BCUT2D eigenvalue weighted by atomic mass is 10.0. The zero-order chi connectivity index (χ0) is 32.8. The highest BCUT2D eigenvalue weighted by molar-refractivity contribution is 7.28. The molecule has 0 radical (unpaired) electrons. The largest absolute Gasteiger partial charge is 0.432 e. The van der Waals surface area contributed by atoms with Crippen LogP contribution in [0.5, 0.6) is 0 Å². The molecule has 0 aliphatic heterocycles. The molecule has 8 heteroatoms. The van der Waals surface area contributed by atoms with Crippen LogP contribution < -0.4 is 0 Å². The second-order valence-corrected chi connectivity index (χ2v) is 21.3. The molecule has 4 heterocycles. The van der Waals surface area contributed by atoms with Crippen LogP contribution in [0.15, 0.2) is 54.2 Å². The predicted molar refractivity (Wildman–Crippen MR) is 207 cm³/mol. The summed E-state index contributed by atoms with van der Waals surface area (Å²) < 4.78 is 0. The number of unbranched alkanes of at least 4 members (excludes halogenated alkanes) is 10. The number of nitriles is 1. The molecule has 0 spiro atoms. The Labute approximate surface area is 294 Å². The van der Waals surface area contributed by atoms with E-state index in [2.05, 4.69) is 66.4 Å². The minimum Gasteiger partial charge on any atom is -0.432 e. The first-order valence-electron chi connectivity index (χ1n) is 16.9. The van der Waals surface area contributed by atoms with Crippen LogP contribution in [0, 0.1) is 17.9 Å². The van der Waals surface area contributed by atoms with E-state index < -0.39 is 8.32 Å². The van der Waals surface area contributed by atoms with Crippen molar-refractivity contribution < 1.29 is 4.80 Å². The Morgan fingerprint density at radius 1 is 0.696 bits per heavy atom. The van der Waals surface area contributed by atoms with Gasteiger partial charge < -0.3 is 4.80 Å². The zero-order valence-corrected chi connectivity index (χ0v) is 32.0. The number of rotatable bonds is 20. The van der Waals surface area contributed by atoms with Gasteiger partial charge in [-0.2, -0.15) is 0 Å². The average Bonchev–Trinajstić information content (AvgIpc) is 3.85. The topological polar surface area (TPSA) is 48.4 Å². The summed E-state index contributed by atoms with van der Waals surface area (Å²) in [6.45, 7) is 13.8. The highest BCUT2D eigenvalue weighted by Crippen LogP contribution is 2.44. The summed E-state index contributed by atoms with van der Waals surface area (Å²) in [6.07, 6.45) is 17.0. The fraction of sp³-hybridized carbons (Fsp3) is 0.474. The van der Waals surface area contributed by atoms with E-state index in [-0.39, 0.29) is 5.70 Å². The third-order valence-electron chi connectivity index (χ3n) is 8.25. The highest BCUT2D eigenvalue weighted by Gasteiger charge is 2.16. The molecule has 0 amide bonds. The summed E-state index contributed by atoms with van der Waals surface area (Å²) in [5, 5.41) is 9.55. The van der Waals surface area contributed by atoms with Crippen molar-refractivity contribution in [2.75, 3.05) is 0 Å². The third-order valence-corrected chi connectivity index (χ3v) is 14.9. The molecule has 46 heavy (non-hydrogen) atoms. The van der Waals surface area contributed by atoms with E-state index in [1.54, 1.807) is 11.3 Å². The number of hydrogen-bond acceptors (Lipinski definition) is 6. The first-order chi connectivity index (χ1) is 22.3. The van der Waals surface area contributed by atoms with Gasteiger partial charge in [0.1, 0.15) is 0 Å². The molecular weight excluding hydrogens is 657 g/mol. The lowest BCUT2D eigenvalue weighted by Gasteiger charge is -2.12. The molecule has 0 aliphatic rings. The molecule has 0 unspecified atom stereocenters. The monoisotopic (exact) mass is 704 g/mol. The van der Waals surface area contributed by atoms with Crippen molar-refractivity contribution in [1.82, 2.24) is 0 Å².